The average molecular weight is 201 g/mol. The molecule has 0 fully saturated rings. The third kappa shape index (κ3) is 2.20. The molecule has 0 aliphatic carbocycles. The summed E-state index contributed by atoms with van der Waals surface area (Å²) in [4.78, 5) is 0. The Balaban J connectivity index is 2.26. The van der Waals surface area contributed by atoms with Gasteiger partial charge in [-0.2, -0.15) is 0 Å². The van der Waals surface area contributed by atoms with E-state index in [1.165, 1.54) is 6.07 Å². The first-order valence-corrected chi connectivity index (χ1v) is 4.57. The zero-order valence-electron chi connectivity index (χ0n) is 8.05. The molecular formula is C12H11NO2. The van der Waals surface area contributed by atoms with E-state index >= 15 is 0 Å². The molecule has 2 aromatic rings. The normalized spacial score (nSPS) is 9.87. The Morgan fingerprint density at radius 1 is 1.00 bits per heavy atom. The summed E-state index contributed by atoms with van der Waals surface area (Å²) in [6.07, 6.45) is 0. The molecule has 0 aliphatic rings. The lowest BCUT2D eigenvalue weighted by molar-refractivity contribution is 0.456. The van der Waals surface area contributed by atoms with Crippen LogP contribution in [-0.2, 0) is 0 Å². The van der Waals surface area contributed by atoms with Gasteiger partial charge in [-0.05, 0) is 24.3 Å². The molecule has 0 heterocycles. The van der Waals surface area contributed by atoms with Gasteiger partial charge >= 0.3 is 0 Å². The van der Waals surface area contributed by atoms with Crippen LogP contribution in [0.2, 0.25) is 0 Å². The van der Waals surface area contributed by atoms with Crippen LogP contribution in [0.5, 0.6) is 17.2 Å². The summed E-state index contributed by atoms with van der Waals surface area (Å²) in [5.74, 6) is 1.32. The van der Waals surface area contributed by atoms with Crippen LogP contribution in [0.25, 0.3) is 0 Å². The Labute approximate surface area is 87.7 Å². The molecule has 0 amide bonds. The molecule has 2 aromatic carbocycles. The van der Waals surface area contributed by atoms with Crippen LogP contribution in [0.3, 0.4) is 0 Å². The van der Waals surface area contributed by atoms with Gasteiger partial charge in [0.2, 0.25) is 0 Å². The summed E-state index contributed by atoms with van der Waals surface area (Å²) >= 11 is 0. The van der Waals surface area contributed by atoms with Gasteiger partial charge in [-0.15, -0.1) is 0 Å². The lowest BCUT2D eigenvalue weighted by atomic mass is 10.3. The number of rotatable bonds is 2. The monoisotopic (exact) mass is 201 g/mol. The summed E-state index contributed by atoms with van der Waals surface area (Å²) in [6, 6.07) is 13.8. The smallest absolute Gasteiger partial charge is 0.150 e. The number of phenols is 1. The standard InChI is InChI=1S/C12H11NO2/c13-11-6-1-2-7-12(11)15-10-5-3-4-9(14)8-10/h1-8,14H,13H2. The fourth-order valence-corrected chi connectivity index (χ4v) is 1.25. The Morgan fingerprint density at radius 2 is 1.80 bits per heavy atom. The Kier molecular flexibility index (Phi) is 2.46. The highest BCUT2D eigenvalue weighted by Gasteiger charge is 2.00. The Bertz CT molecular complexity index is 469. The van der Waals surface area contributed by atoms with Crippen LogP contribution in [0, 0.1) is 0 Å². The number of aromatic hydroxyl groups is 1. The molecule has 76 valence electrons. The van der Waals surface area contributed by atoms with E-state index in [9.17, 15) is 5.11 Å². The van der Waals surface area contributed by atoms with Gasteiger partial charge < -0.3 is 15.6 Å². The Morgan fingerprint density at radius 3 is 2.53 bits per heavy atom. The second-order valence-corrected chi connectivity index (χ2v) is 3.14. The lowest BCUT2D eigenvalue weighted by Crippen LogP contribution is -1.90. The molecular weight excluding hydrogens is 190 g/mol. The van der Waals surface area contributed by atoms with E-state index < -0.39 is 0 Å². The van der Waals surface area contributed by atoms with Crippen LogP contribution in [-0.4, -0.2) is 5.11 Å². The minimum atomic E-state index is 0.169. The molecule has 0 radical (unpaired) electrons. The molecule has 0 saturated carbocycles. The van der Waals surface area contributed by atoms with Crippen LogP contribution >= 0.6 is 0 Å². The highest BCUT2D eigenvalue weighted by Crippen LogP contribution is 2.28. The molecule has 0 aromatic heterocycles. The van der Waals surface area contributed by atoms with Crippen molar-refractivity contribution in [2.24, 2.45) is 0 Å². The van der Waals surface area contributed by atoms with Crippen LogP contribution < -0.4 is 10.5 Å². The van der Waals surface area contributed by atoms with Crippen molar-refractivity contribution < 1.29 is 9.84 Å². The van der Waals surface area contributed by atoms with E-state index in [-0.39, 0.29) is 5.75 Å². The molecule has 15 heavy (non-hydrogen) atoms. The van der Waals surface area contributed by atoms with E-state index in [0.717, 1.165) is 0 Å². The molecule has 0 unspecified atom stereocenters. The van der Waals surface area contributed by atoms with Gasteiger partial charge in [0, 0.05) is 6.07 Å². The van der Waals surface area contributed by atoms with Crippen molar-refractivity contribution in [3.63, 3.8) is 0 Å². The Hall–Kier alpha value is -2.16. The number of hydrogen-bond donors (Lipinski definition) is 2. The summed E-state index contributed by atoms with van der Waals surface area (Å²) in [7, 11) is 0. The van der Waals surface area contributed by atoms with Crippen molar-refractivity contribution in [1.82, 2.24) is 0 Å². The number of hydrogen-bond acceptors (Lipinski definition) is 3. The third-order valence-electron chi connectivity index (χ3n) is 1.96. The number of phenolic OH excluding ortho intramolecular Hbond substituents is 1. The molecule has 2 rings (SSSR count). The number of para-hydroxylation sites is 2. The molecule has 0 spiro atoms. The first kappa shape index (κ1) is 9.40. The van der Waals surface area contributed by atoms with Gasteiger partial charge in [0.05, 0.1) is 5.69 Å². The van der Waals surface area contributed by atoms with Crippen molar-refractivity contribution >= 4 is 5.69 Å². The minimum absolute atomic E-state index is 0.169. The number of nitrogen functional groups attached to an aromatic ring is 1. The number of nitrogens with two attached hydrogens (primary N) is 1. The van der Waals surface area contributed by atoms with Gasteiger partial charge in [-0.1, -0.05) is 18.2 Å². The largest absolute Gasteiger partial charge is 0.508 e. The van der Waals surface area contributed by atoms with E-state index in [1.54, 1.807) is 30.3 Å². The number of benzene rings is 2. The second-order valence-electron chi connectivity index (χ2n) is 3.14. The predicted octanol–water partition coefficient (Wildman–Crippen LogP) is 2.77. The zero-order chi connectivity index (χ0) is 10.7. The fourth-order valence-electron chi connectivity index (χ4n) is 1.25. The number of anilines is 1. The van der Waals surface area contributed by atoms with Crippen LogP contribution in [0.1, 0.15) is 0 Å². The van der Waals surface area contributed by atoms with Crippen molar-refractivity contribution in [1.29, 1.82) is 0 Å². The molecule has 0 aliphatic heterocycles. The van der Waals surface area contributed by atoms with Crippen molar-refractivity contribution in [2.75, 3.05) is 5.73 Å². The van der Waals surface area contributed by atoms with E-state index in [4.69, 9.17) is 10.5 Å². The molecule has 0 bridgehead atoms. The highest BCUT2D eigenvalue weighted by atomic mass is 16.5. The summed E-state index contributed by atoms with van der Waals surface area (Å²) < 4.78 is 5.50. The first-order chi connectivity index (χ1) is 7.25. The van der Waals surface area contributed by atoms with Gasteiger partial charge in [0.15, 0.2) is 0 Å². The molecule has 0 atom stereocenters. The van der Waals surface area contributed by atoms with Crippen LogP contribution in [0.15, 0.2) is 48.5 Å². The maximum absolute atomic E-state index is 9.25. The predicted molar refractivity (Wildman–Crippen MR) is 59.0 cm³/mol. The van der Waals surface area contributed by atoms with Gasteiger partial charge in [-0.3, -0.25) is 0 Å². The SMILES string of the molecule is Nc1ccccc1Oc1cccc(O)c1. The van der Waals surface area contributed by atoms with E-state index in [1.807, 2.05) is 12.1 Å². The first-order valence-electron chi connectivity index (χ1n) is 4.57. The number of ether oxygens (including phenoxy) is 1. The van der Waals surface area contributed by atoms with Gasteiger partial charge in [0.25, 0.3) is 0 Å². The van der Waals surface area contributed by atoms with E-state index in [0.29, 0.717) is 17.2 Å². The maximum Gasteiger partial charge on any atom is 0.150 e. The highest BCUT2D eigenvalue weighted by molar-refractivity contribution is 5.53. The zero-order valence-corrected chi connectivity index (χ0v) is 8.05. The van der Waals surface area contributed by atoms with Crippen molar-refractivity contribution in [3.8, 4) is 17.2 Å². The topological polar surface area (TPSA) is 55.5 Å². The summed E-state index contributed by atoms with van der Waals surface area (Å²) in [6.45, 7) is 0. The van der Waals surface area contributed by atoms with Crippen LogP contribution in [0.4, 0.5) is 5.69 Å². The van der Waals surface area contributed by atoms with E-state index in [2.05, 4.69) is 0 Å². The van der Waals surface area contributed by atoms with Gasteiger partial charge in [0.1, 0.15) is 17.2 Å². The lowest BCUT2D eigenvalue weighted by Gasteiger charge is -2.07. The molecule has 3 N–H and O–H groups in total. The third-order valence-corrected chi connectivity index (χ3v) is 1.96. The molecule has 3 heteroatoms. The summed E-state index contributed by atoms with van der Waals surface area (Å²) in [5.41, 5.74) is 6.29. The second kappa shape index (κ2) is 3.92. The van der Waals surface area contributed by atoms with Crippen molar-refractivity contribution in [2.45, 2.75) is 0 Å². The fraction of sp³-hybridized carbons (Fsp3) is 0. The quantitative estimate of drug-likeness (QED) is 0.734. The van der Waals surface area contributed by atoms with Crippen molar-refractivity contribution in [3.05, 3.63) is 48.5 Å². The molecule has 3 nitrogen and oxygen atoms in total. The van der Waals surface area contributed by atoms with Gasteiger partial charge in [-0.25, -0.2) is 0 Å². The maximum atomic E-state index is 9.25. The average Bonchev–Trinajstić information content (AvgIpc) is 2.22. The summed E-state index contributed by atoms with van der Waals surface area (Å²) in [5, 5.41) is 9.25. The molecule has 0 saturated heterocycles. The minimum Gasteiger partial charge on any atom is -0.508 e.